The van der Waals surface area contributed by atoms with E-state index in [0.29, 0.717) is 39.1 Å². The molecule has 0 aliphatic heterocycles. The highest BCUT2D eigenvalue weighted by molar-refractivity contribution is 6.09. The predicted octanol–water partition coefficient (Wildman–Crippen LogP) is 16.4. The lowest BCUT2D eigenvalue weighted by atomic mass is 9.78. The van der Waals surface area contributed by atoms with E-state index in [-0.39, 0.29) is 40.4 Å². The van der Waals surface area contributed by atoms with Crippen molar-refractivity contribution in [3.63, 3.8) is 0 Å². The van der Waals surface area contributed by atoms with E-state index in [1.807, 2.05) is 59.2 Å². The summed E-state index contributed by atoms with van der Waals surface area (Å²) in [4.78, 5) is 4.85. The summed E-state index contributed by atoms with van der Waals surface area (Å²) in [5, 5.41) is 1.10. The van der Waals surface area contributed by atoms with Crippen LogP contribution in [-0.4, -0.2) is 14.1 Å². The fourth-order valence-corrected chi connectivity index (χ4v) is 9.95. The highest BCUT2D eigenvalue weighted by Crippen LogP contribution is 2.40. The molecule has 5 heteroatoms. The zero-order valence-electron chi connectivity index (χ0n) is 45.7. The van der Waals surface area contributed by atoms with Crippen LogP contribution in [0.1, 0.15) is 83.1 Å². The summed E-state index contributed by atoms with van der Waals surface area (Å²) in [5.74, 6) is 1.68. The number of imidazole rings is 1. The molecule has 0 spiro atoms. The van der Waals surface area contributed by atoms with E-state index in [4.69, 9.17) is 13.8 Å². The molecule has 0 amide bonds. The van der Waals surface area contributed by atoms with Crippen molar-refractivity contribution < 1.29 is 14.8 Å². The van der Waals surface area contributed by atoms with Crippen molar-refractivity contribution in [2.45, 2.75) is 78.1 Å². The Labute approximate surface area is 423 Å². The van der Waals surface area contributed by atoms with Crippen LogP contribution < -0.4 is 9.30 Å². The minimum atomic E-state index is -0.300. The number of para-hydroxylation sites is 4. The van der Waals surface area contributed by atoms with Gasteiger partial charge in [0.25, 0.3) is 6.33 Å². The quantitative estimate of drug-likeness (QED) is 0.101. The van der Waals surface area contributed by atoms with Gasteiger partial charge in [0, 0.05) is 23.0 Å². The first-order valence-corrected chi connectivity index (χ1v) is 24.5. The second-order valence-electron chi connectivity index (χ2n) is 21.4. The Kier molecular flexibility index (Phi) is 10.2. The molecule has 350 valence electrons. The van der Waals surface area contributed by atoms with Crippen LogP contribution in [0.3, 0.4) is 0 Å². The van der Waals surface area contributed by atoms with E-state index >= 15 is 0 Å². The highest BCUT2D eigenvalue weighted by Gasteiger charge is 2.26. The van der Waals surface area contributed by atoms with Crippen LogP contribution in [0.2, 0.25) is 0 Å². The summed E-state index contributed by atoms with van der Waals surface area (Å²) >= 11 is 0. The number of hydrogen-bond acceptors (Lipinski definition) is 2. The monoisotopic (exact) mass is 929 g/mol. The Morgan fingerprint density at radius 2 is 1.21 bits per heavy atom. The SMILES string of the molecule is [2H]c1c([2H])c([2H])c2c(c1[2H])c1ccc(Oc3cccc(-n4[c-][n+](-c5c(-c6ccccc6)cccc5-c5cc(C(C)(C)C)cc(C(C)(C)C)c5)c5ccccc54)c3)cc1n2-c1cc(CC(C)(C)c2ccccc2)ccn1. The second-order valence-corrected chi connectivity index (χ2v) is 21.4. The van der Waals surface area contributed by atoms with Gasteiger partial charge in [-0.25, -0.2) is 4.98 Å². The van der Waals surface area contributed by atoms with Gasteiger partial charge in [0.05, 0.1) is 38.9 Å². The first kappa shape index (κ1) is 40.8. The van der Waals surface area contributed by atoms with Gasteiger partial charge in [-0.05, 0) is 116 Å². The second kappa shape index (κ2) is 17.7. The van der Waals surface area contributed by atoms with E-state index < -0.39 is 0 Å². The van der Waals surface area contributed by atoms with Crippen molar-refractivity contribution in [3.8, 4) is 50.9 Å². The standard InChI is InChI=1S/C66H60N4O/c1-64(2,3)49-38-47(39-50(40-49)65(4,5)6)55-29-20-28-54(46-21-11-9-12-22-46)63(55)69-44-68(59-31-17-18-32-60(59)69)51-25-19-26-52(41-51)71-53-33-34-57-56-27-15-16-30-58(56)70(61(57)42-53)62-37-45(35-36-67-62)43-66(7,8)48-23-13-10-14-24-48/h9-42H,43H2,1-8H3/i15D,16D,27D,30D. The van der Waals surface area contributed by atoms with Crippen molar-refractivity contribution in [2.24, 2.45) is 0 Å². The van der Waals surface area contributed by atoms with Crippen molar-refractivity contribution in [1.82, 2.24) is 14.1 Å². The van der Waals surface area contributed by atoms with E-state index in [0.717, 1.165) is 56.6 Å². The largest absolute Gasteiger partial charge is 0.458 e. The fourth-order valence-electron chi connectivity index (χ4n) is 9.95. The van der Waals surface area contributed by atoms with Crippen LogP contribution in [0, 0.1) is 6.33 Å². The Hall–Kier alpha value is -8.02. The topological polar surface area (TPSA) is 35.9 Å². The summed E-state index contributed by atoms with van der Waals surface area (Å²) in [5.41, 5.74) is 13.8. The summed E-state index contributed by atoms with van der Waals surface area (Å²) in [6.07, 6.45) is 6.34. The molecule has 0 radical (unpaired) electrons. The molecule has 0 saturated carbocycles. The lowest BCUT2D eigenvalue weighted by Gasteiger charge is -2.27. The highest BCUT2D eigenvalue weighted by atomic mass is 16.5. The molecule has 11 rings (SSSR count). The van der Waals surface area contributed by atoms with Crippen LogP contribution in [0.25, 0.3) is 72.3 Å². The maximum absolute atomic E-state index is 9.21. The van der Waals surface area contributed by atoms with Crippen LogP contribution in [0.15, 0.2) is 206 Å². The summed E-state index contributed by atoms with van der Waals surface area (Å²) < 4.78 is 48.6. The van der Waals surface area contributed by atoms with E-state index in [9.17, 15) is 1.37 Å². The van der Waals surface area contributed by atoms with E-state index in [2.05, 4.69) is 192 Å². The molecule has 8 aromatic carbocycles. The fraction of sp³-hybridized carbons (Fsp3) is 0.182. The molecule has 5 nitrogen and oxygen atoms in total. The molecule has 0 aliphatic rings. The minimum absolute atomic E-state index is 0.0706. The Balaban J connectivity index is 1.03. The van der Waals surface area contributed by atoms with E-state index in [1.54, 1.807) is 6.20 Å². The number of fused-ring (bicyclic) bond motifs is 4. The van der Waals surface area contributed by atoms with E-state index in [1.165, 1.54) is 16.7 Å². The summed E-state index contributed by atoms with van der Waals surface area (Å²) in [6.45, 7) is 18.1. The molecule has 3 heterocycles. The maximum atomic E-state index is 9.21. The lowest BCUT2D eigenvalue weighted by Crippen LogP contribution is -2.31. The third-order valence-electron chi connectivity index (χ3n) is 13.8. The van der Waals surface area contributed by atoms with Crippen LogP contribution in [0.4, 0.5) is 0 Å². The maximum Gasteiger partial charge on any atom is 0.269 e. The number of hydrogen-bond donors (Lipinski definition) is 0. The van der Waals surface area contributed by atoms with Gasteiger partial charge in [-0.1, -0.05) is 201 Å². The molecular formula is C66H60N4O. The molecule has 0 bridgehead atoms. The van der Waals surface area contributed by atoms with Gasteiger partial charge in [0.1, 0.15) is 17.3 Å². The van der Waals surface area contributed by atoms with Crippen molar-refractivity contribution in [1.29, 1.82) is 0 Å². The Morgan fingerprint density at radius 3 is 1.96 bits per heavy atom. The third kappa shape index (κ3) is 8.71. The van der Waals surface area contributed by atoms with Crippen LogP contribution in [0.5, 0.6) is 11.5 Å². The third-order valence-corrected chi connectivity index (χ3v) is 13.8. The lowest BCUT2D eigenvalue weighted by molar-refractivity contribution is -0.571. The number of rotatable bonds is 10. The molecule has 0 N–H and O–H groups in total. The Morgan fingerprint density at radius 1 is 0.549 bits per heavy atom. The summed E-state index contributed by atoms with van der Waals surface area (Å²) in [7, 11) is 0. The molecule has 0 atom stereocenters. The van der Waals surface area contributed by atoms with Gasteiger partial charge in [-0.3, -0.25) is 13.7 Å². The van der Waals surface area contributed by atoms with Gasteiger partial charge < -0.3 is 4.74 Å². The molecule has 0 fully saturated rings. The average molecular weight is 929 g/mol. The number of benzene rings is 8. The van der Waals surface area contributed by atoms with Crippen molar-refractivity contribution in [2.75, 3.05) is 0 Å². The van der Waals surface area contributed by atoms with Gasteiger partial charge in [-0.15, -0.1) is 0 Å². The van der Waals surface area contributed by atoms with Gasteiger partial charge in [0.2, 0.25) is 0 Å². The first-order valence-electron chi connectivity index (χ1n) is 26.5. The molecule has 0 aliphatic carbocycles. The summed E-state index contributed by atoms with van der Waals surface area (Å²) in [6, 6.07) is 60.0. The number of aromatic nitrogens is 4. The minimum Gasteiger partial charge on any atom is -0.458 e. The zero-order chi connectivity index (χ0) is 52.6. The number of ether oxygens (including phenoxy) is 1. The molecular weight excluding hydrogens is 865 g/mol. The average Bonchev–Trinajstić information content (AvgIpc) is 4.06. The molecule has 11 aromatic rings. The van der Waals surface area contributed by atoms with Gasteiger partial charge in [0.15, 0.2) is 0 Å². The Bertz CT molecular complexity index is 3960. The first-order chi connectivity index (χ1) is 35.9. The van der Waals surface area contributed by atoms with Crippen LogP contribution in [-0.2, 0) is 22.7 Å². The van der Waals surface area contributed by atoms with Crippen LogP contribution >= 0.6 is 0 Å². The van der Waals surface area contributed by atoms with Crippen molar-refractivity contribution in [3.05, 3.63) is 235 Å². The number of pyridine rings is 1. The normalized spacial score (nSPS) is 13.1. The number of nitrogens with zero attached hydrogens (tertiary/aromatic N) is 4. The predicted molar refractivity (Wildman–Crippen MR) is 294 cm³/mol. The smallest absolute Gasteiger partial charge is 0.269 e. The molecule has 71 heavy (non-hydrogen) atoms. The van der Waals surface area contributed by atoms with Gasteiger partial charge >= 0.3 is 0 Å². The zero-order valence-corrected chi connectivity index (χ0v) is 41.7. The molecule has 3 aromatic heterocycles. The van der Waals surface area contributed by atoms with Gasteiger partial charge in [-0.2, -0.15) is 0 Å². The molecule has 0 unspecified atom stereocenters. The van der Waals surface area contributed by atoms with Crippen molar-refractivity contribution >= 4 is 32.8 Å². The molecule has 0 saturated heterocycles.